The molecule has 0 amide bonds. The summed E-state index contributed by atoms with van der Waals surface area (Å²) >= 11 is 5.66. The number of aromatic nitrogens is 4. The Morgan fingerprint density at radius 3 is 2.81 bits per heavy atom. The number of thiophene rings is 1. The van der Waals surface area contributed by atoms with Gasteiger partial charge in [0.15, 0.2) is 5.82 Å². The molecule has 4 aromatic rings. The summed E-state index contributed by atoms with van der Waals surface area (Å²) in [4.78, 5) is 21.2. The first-order valence-corrected chi connectivity index (χ1v) is 10.4. The minimum absolute atomic E-state index is 0.704. The van der Waals surface area contributed by atoms with Crippen molar-refractivity contribution in [3.8, 4) is 11.4 Å². The summed E-state index contributed by atoms with van der Waals surface area (Å²) in [5, 5.41) is 1.30. The van der Waals surface area contributed by atoms with E-state index >= 15 is 0 Å². The largest absolute Gasteiger partial charge is 0.293 e. The number of hydrogen-bond donors (Lipinski definition) is 0. The Hall–Kier alpha value is -2.22. The van der Waals surface area contributed by atoms with Crippen LogP contribution < -0.4 is 0 Å². The number of benzene rings is 1. The lowest BCUT2D eigenvalue weighted by atomic mass is 10.1. The van der Waals surface area contributed by atoms with Gasteiger partial charge in [0.05, 0.1) is 11.3 Å². The van der Waals surface area contributed by atoms with Crippen LogP contribution in [0.3, 0.4) is 0 Å². The molecule has 0 saturated carbocycles. The Labute approximate surface area is 169 Å². The van der Waals surface area contributed by atoms with Crippen LogP contribution in [0.1, 0.15) is 16.1 Å². The normalized spacial score (nSPS) is 14.4. The quantitative estimate of drug-likeness (QED) is 0.473. The second-order valence-corrected chi connectivity index (χ2v) is 8.52. The number of fused-ring (bicyclic) bond motifs is 2. The molecule has 5 rings (SSSR count). The third-order valence-corrected chi connectivity index (χ3v) is 7.12. The first kappa shape index (κ1) is 16.9. The van der Waals surface area contributed by atoms with Crippen LogP contribution in [0.4, 0.5) is 0 Å². The smallest absolute Gasteiger partial charge is 0.162 e. The predicted octanol–water partition coefficient (Wildman–Crippen LogP) is 4.47. The summed E-state index contributed by atoms with van der Waals surface area (Å²) in [6.45, 7) is 2.81. The van der Waals surface area contributed by atoms with Crippen LogP contribution >= 0.6 is 27.3 Å². The van der Waals surface area contributed by atoms with Gasteiger partial charge in [-0.15, -0.1) is 11.3 Å². The summed E-state index contributed by atoms with van der Waals surface area (Å²) in [6.07, 6.45) is 7.91. The molecule has 0 bridgehead atoms. The Kier molecular flexibility index (Phi) is 4.43. The minimum atomic E-state index is 0.704. The van der Waals surface area contributed by atoms with Crippen LogP contribution in [0.15, 0.2) is 53.7 Å². The molecule has 4 heterocycles. The topological polar surface area (TPSA) is 54.8 Å². The molecular weight excluding hydrogens is 422 g/mol. The van der Waals surface area contributed by atoms with Crippen molar-refractivity contribution in [2.75, 3.05) is 6.54 Å². The number of nitrogens with zero attached hydrogens (tertiary/aromatic N) is 5. The van der Waals surface area contributed by atoms with Crippen LogP contribution in [-0.4, -0.2) is 31.4 Å². The lowest BCUT2D eigenvalue weighted by Crippen LogP contribution is -2.30. The lowest BCUT2D eigenvalue weighted by molar-refractivity contribution is 0.245. The van der Waals surface area contributed by atoms with Crippen molar-refractivity contribution in [3.63, 3.8) is 0 Å². The Balaban J connectivity index is 1.37. The zero-order valence-electron chi connectivity index (χ0n) is 14.5. The third kappa shape index (κ3) is 3.26. The van der Waals surface area contributed by atoms with Crippen molar-refractivity contribution in [3.05, 3.63) is 69.8 Å². The van der Waals surface area contributed by atoms with E-state index in [0.29, 0.717) is 5.82 Å². The van der Waals surface area contributed by atoms with Gasteiger partial charge in [-0.1, -0.05) is 18.2 Å². The summed E-state index contributed by atoms with van der Waals surface area (Å²) in [7, 11) is 0. The van der Waals surface area contributed by atoms with E-state index in [-0.39, 0.29) is 0 Å². The second-order valence-electron chi connectivity index (χ2n) is 6.59. The average molecular weight is 438 g/mol. The first-order chi connectivity index (χ1) is 13.3. The molecule has 134 valence electrons. The zero-order chi connectivity index (χ0) is 18.2. The van der Waals surface area contributed by atoms with Crippen molar-refractivity contribution in [1.82, 2.24) is 24.8 Å². The van der Waals surface area contributed by atoms with Gasteiger partial charge in [-0.05, 0) is 22.0 Å². The second kappa shape index (κ2) is 7.07. The SMILES string of the molecule is Brc1c(CN2CCc3nc(-c4cncnc4)ncc3C2)sc2ccccc12. The summed E-state index contributed by atoms with van der Waals surface area (Å²) in [5.74, 6) is 0.704. The highest BCUT2D eigenvalue weighted by atomic mass is 79.9. The van der Waals surface area contributed by atoms with Crippen LogP contribution in [0.2, 0.25) is 0 Å². The Morgan fingerprint density at radius 2 is 1.96 bits per heavy atom. The molecular formula is C20H16BrN5S. The van der Waals surface area contributed by atoms with Gasteiger partial charge in [-0.3, -0.25) is 4.90 Å². The van der Waals surface area contributed by atoms with E-state index in [1.165, 1.54) is 31.3 Å². The van der Waals surface area contributed by atoms with Gasteiger partial charge >= 0.3 is 0 Å². The van der Waals surface area contributed by atoms with Crippen molar-refractivity contribution < 1.29 is 0 Å². The fourth-order valence-electron chi connectivity index (χ4n) is 3.43. The molecule has 1 aromatic carbocycles. The van der Waals surface area contributed by atoms with Gasteiger partial charge in [-0.2, -0.15) is 0 Å². The molecule has 3 aromatic heterocycles. The minimum Gasteiger partial charge on any atom is -0.293 e. The summed E-state index contributed by atoms with van der Waals surface area (Å²) < 4.78 is 2.56. The molecule has 5 nitrogen and oxygen atoms in total. The molecule has 27 heavy (non-hydrogen) atoms. The highest BCUT2D eigenvalue weighted by Crippen LogP contribution is 2.36. The monoisotopic (exact) mass is 437 g/mol. The van der Waals surface area contributed by atoms with E-state index in [1.54, 1.807) is 12.4 Å². The van der Waals surface area contributed by atoms with Gasteiger partial charge in [0.25, 0.3) is 0 Å². The van der Waals surface area contributed by atoms with Crippen LogP contribution in [0, 0.1) is 0 Å². The maximum Gasteiger partial charge on any atom is 0.162 e. The van der Waals surface area contributed by atoms with Crippen molar-refractivity contribution in [2.45, 2.75) is 19.5 Å². The molecule has 1 aliphatic rings. The Morgan fingerprint density at radius 1 is 1.11 bits per heavy atom. The van der Waals surface area contributed by atoms with E-state index in [0.717, 1.165) is 37.3 Å². The van der Waals surface area contributed by atoms with E-state index < -0.39 is 0 Å². The molecule has 0 spiro atoms. The van der Waals surface area contributed by atoms with E-state index in [2.05, 4.69) is 60.0 Å². The summed E-state index contributed by atoms with van der Waals surface area (Å²) in [5.41, 5.74) is 3.20. The van der Waals surface area contributed by atoms with Crippen molar-refractivity contribution in [2.24, 2.45) is 0 Å². The highest BCUT2D eigenvalue weighted by molar-refractivity contribution is 9.10. The molecule has 0 unspecified atom stereocenters. The zero-order valence-corrected chi connectivity index (χ0v) is 16.9. The van der Waals surface area contributed by atoms with Gasteiger partial charge in [-0.25, -0.2) is 19.9 Å². The van der Waals surface area contributed by atoms with Crippen molar-refractivity contribution >= 4 is 37.4 Å². The van der Waals surface area contributed by atoms with E-state index in [4.69, 9.17) is 4.98 Å². The fraction of sp³-hybridized carbons (Fsp3) is 0.200. The molecule has 0 N–H and O–H groups in total. The van der Waals surface area contributed by atoms with E-state index in [9.17, 15) is 0 Å². The molecule has 0 radical (unpaired) electrons. The van der Waals surface area contributed by atoms with Crippen molar-refractivity contribution in [1.29, 1.82) is 0 Å². The molecule has 0 fully saturated rings. The Bertz CT molecular complexity index is 1110. The molecule has 0 saturated heterocycles. The van der Waals surface area contributed by atoms with Gasteiger partial charge in [0.2, 0.25) is 0 Å². The van der Waals surface area contributed by atoms with Crippen LogP contribution in [0.25, 0.3) is 21.5 Å². The summed E-state index contributed by atoms with van der Waals surface area (Å²) in [6, 6.07) is 8.54. The highest BCUT2D eigenvalue weighted by Gasteiger charge is 2.21. The predicted molar refractivity (Wildman–Crippen MR) is 110 cm³/mol. The molecule has 0 aliphatic carbocycles. The molecule has 0 atom stereocenters. The maximum absolute atomic E-state index is 4.75. The van der Waals surface area contributed by atoms with Gasteiger partial charge < -0.3 is 0 Å². The fourth-order valence-corrected chi connectivity index (χ4v) is 5.42. The van der Waals surface area contributed by atoms with Gasteiger partial charge in [0, 0.05) is 69.6 Å². The number of halogens is 1. The van der Waals surface area contributed by atoms with Crippen LogP contribution in [-0.2, 0) is 19.5 Å². The maximum atomic E-state index is 4.75. The van der Waals surface area contributed by atoms with Crippen LogP contribution in [0.5, 0.6) is 0 Å². The molecule has 1 aliphatic heterocycles. The van der Waals surface area contributed by atoms with Gasteiger partial charge in [0.1, 0.15) is 6.33 Å². The first-order valence-electron chi connectivity index (χ1n) is 8.76. The average Bonchev–Trinajstić information content (AvgIpc) is 3.04. The number of rotatable bonds is 3. The van der Waals surface area contributed by atoms with E-state index in [1.807, 2.05) is 17.5 Å². The molecule has 7 heteroatoms. The standard InChI is InChI=1S/C20H16BrN5S/c21-19-15-3-1-2-4-17(15)27-18(19)11-26-6-5-16-14(10-26)9-24-20(25-16)13-7-22-12-23-8-13/h1-4,7-9,12H,5-6,10-11H2. The third-order valence-electron chi connectivity index (χ3n) is 4.80. The lowest BCUT2D eigenvalue weighted by Gasteiger charge is -2.27. The number of hydrogen-bond acceptors (Lipinski definition) is 6.